The van der Waals surface area contributed by atoms with Gasteiger partial charge in [-0.3, -0.25) is 0 Å². The van der Waals surface area contributed by atoms with Gasteiger partial charge in [-0.1, -0.05) is 36.4 Å². The van der Waals surface area contributed by atoms with Gasteiger partial charge in [-0.15, -0.1) is 0 Å². The molecule has 0 bridgehead atoms. The minimum absolute atomic E-state index is 0.364. The Balaban J connectivity index is 1.60. The van der Waals surface area contributed by atoms with Gasteiger partial charge < -0.3 is 14.9 Å². The normalized spacial score (nSPS) is 15.1. The van der Waals surface area contributed by atoms with Crippen molar-refractivity contribution in [1.82, 2.24) is 29.8 Å². The number of fused-ring (bicyclic) bond motifs is 2. The standard InChI is InChI=1S/C25H24N6/c1-16-22(29-15-28-16)25-30-23-21(19-7-6-17-4-2-3-5-18(17)14-19)10-13-27-24(23)31(25)20-8-11-26-12-9-20/h2-7,10,13-15,20,26H,8-9,11-12H2,1H3,(H,28,29). The molecule has 2 aromatic carbocycles. The Labute approximate surface area is 180 Å². The molecule has 1 aliphatic heterocycles. The van der Waals surface area contributed by atoms with Crippen molar-refractivity contribution < 1.29 is 0 Å². The van der Waals surface area contributed by atoms with Crippen LogP contribution in [0.5, 0.6) is 0 Å². The highest BCUT2D eigenvalue weighted by Crippen LogP contribution is 2.36. The molecular weight excluding hydrogens is 384 g/mol. The first-order valence-corrected chi connectivity index (χ1v) is 10.9. The molecule has 3 aromatic heterocycles. The van der Waals surface area contributed by atoms with Crippen molar-refractivity contribution in [3.8, 4) is 22.6 Å². The van der Waals surface area contributed by atoms with Crippen LogP contribution >= 0.6 is 0 Å². The molecule has 1 fully saturated rings. The zero-order chi connectivity index (χ0) is 20.8. The Hall–Kier alpha value is -3.51. The number of hydrogen-bond donors (Lipinski definition) is 2. The van der Waals surface area contributed by atoms with Gasteiger partial charge in [-0.25, -0.2) is 15.0 Å². The average Bonchev–Trinajstić information content (AvgIpc) is 3.42. The van der Waals surface area contributed by atoms with Gasteiger partial charge in [0.25, 0.3) is 0 Å². The molecule has 6 heteroatoms. The number of aromatic amines is 1. The molecule has 1 saturated heterocycles. The summed E-state index contributed by atoms with van der Waals surface area (Å²) < 4.78 is 2.33. The lowest BCUT2D eigenvalue weighted by molar-refractivity contribution is 0.376. The molecular formula is C25H24N6. The summed E-state index contributed by atoms with van der Waals surface area (Å²) in [5.74, 6) is 0.928. The van der Waals surface area contributed by atoms with Gasteiger partial charge in [0, 0.05) is 17.8 Å². The molecule has 0 unspecified atom stereocenters. The van der Waals surface area contributed by atoms with Gasteiger partial charge in [-0.2, -0.15) is 0 Å². The number of nitrogens with one attached hydrogen (secondary N) is 2. The highest BCUT2D eigenvalue weighted by molar-refractivity contribution is 5.95. The average molecular weight is 409 g/mol. The molecule has 0 amide bonds. The second-order valence-corrected chi connectivity index (χ2v) is 8.24. The van der Waals surface area contributed by atoms with E-state index in [0.717, 1.165) is 65.4 Å². The van der Waals surface area contributed by atoms with E-state index in [-0.39, 0.29) is 0 Å². The van der Waals surface area contributed by atoms with E-state index in [1.165, 1.54) is 10.8 Å². The SMILES string of the molecule is Cc1nc[nH]c1-c1nc2c(-c3ccc4ccccc4c3)ccnc2n1C1CCNCC1. The molecule has 4 heterocycles. The molecule has 0 aliphatic carbocycles. The Bertz CT molecular complexity index is 1390. The van der Waals surface area contributed by atoms with Gasteiger partial charge >= 0.3 is 0 Å². The Morgan fingerprint density at radius 1 is 0.968 bits per heavy atom. The number of hydrogen-bond acceptors (Lipinski definition) is 4. The largest absolute Gasteiger partial charge is 0.342 e. The minimum Gasteiger partial charge on any atom is -0.342 e. The predicted molar refractivity (Wildman–Crippen MR) is 124 cm³/mol. The Morgan fingerprint density at radius 2 is 1.81 bits per heavy atom. The van der Waals surface area contributed by atoms with Crippen LogP contribution in [-0.4, -0.2) is 37.6 Å². The monoisotopic (exact) mass is 408 g/mol. The number of nitrogens with zero attached hydrogens (tertiary/aromatic N) is 4. The fraction of sp³-hybridized carbons (Fsp3) is 0.240. The maximum absolute atomic E-state index is 5.16. The predicted octanol–water partition coefficient (Wildman–Crippen LogP) is 4.87. The second kappa shape index (κ2) is 7.32. The minimum atomic E-state index is 0.364. The summed E-state index contributed by atoms with van der Waals surface area (Å²) >= 11 is 0. The van der Waals surface area contributed by atoms with Gasteiger partial charge in [0.2, 0.25) is 0 Å². The molecule has 2 N–H and O–H groups in total. The van der Waals surface area contributed by atoms with Crippen molar-refractivity contribution in [1.29, 1.82) is 0 Å². The van der Waals surface area contributed by atoms with Crippen LogP contribution in [0.1, 0.15) is 24.6 Å². The van der Waals surface area contributed by atoms with E-state index in [0.29, 0.717) is 6.04 Å². The third-order valence-corrected chi connectivity index (χ3v) is 6.37. The topological polar surface area (TPSA) is 71.4 Å². The van der Waals surface area contributed by atoms with E-state index >= 15 is 0 Å². The van der Waals surface area contributed by atoms with Crippen molar-refractivity contribution in [2.24, 2.45) is 0 Å². The molecule has 0 spiro atoms. The smallest absolute Gasteiger partial charge is 0.161 e. The van der Waals surface area contributed by atoms with Crippen LogP contribution in [0.2, 0.25) is 0 Å². The van der Waals surface area contributed by atoms with Gasteiger partial charge in [0.05, 0.1) is 12.0 Å². The first kappa shape index (κ1) is 18.3. The summed E-state index contributed by atoms with van der Waals surface area (Å²) in [6, 6.07) is 17.5. The van der Waals surface area contributed by atoms with E-state index < -0.39 is 0 Å². The molecule has 0 saturated carbocycles. The van der Waals surface area contributed by atoms with Gasteiger partial charge in [0.15, 0.2) is 11.5 Å². The number of imidazole rings is 2. The first-order valence-electron chi connectivity index (χ1n) is 10.9. The zero-order valence-corrected chi connectivity index (χ0v) is 17.5. The molecule has 6 nitrogen and oxygen atoms in total. The molecule has 31 heavy (non-hydrogen) atoms. The third kappa shape index (κ3) is 3.02. The molecule has 0 radical (unpaired) electrons. The molecule has 1 aliphatic rings. The number of benzene rings is 2. The van der Waals surface area contributed by atoms with E-state index in [1.807, 2.05) is 13.1 Å². The summed E-state index contributed by atoms with van der Waals surface area (Å²) in [6.45, 7) is 4.04. The zero-order valence-electron chi connectivity index (χ0n) is 17.5. The summed E-state index contributed by atoms with van der Waals surface area (Å²) in [4.78, 5) is 17.7. The Morgan fingerprint density at radius 3 is 2.61 bits per heavy atom. The lowest BCUT2D eigenvalue weighted by Gasteiger charge is -2.25. The van der Waals surface area contributed by atoms with Crippen LogP contribution in [0.25, 0.3) is 44.6 Å². The quantitative estimate of drug-likeness (QED) is 0.447. The first-order chi connectivity index (χ1) is 15.3. The fourth-order valence-electron chi connectivity index (χ4n) is 4.76. The lowest BCUT2D eigenvalue weighted by Crippen LogP contribution is -2.29. The highest BCUT2D eigenvalue weighted by Gasteiger charge is 2.25. The summed E-state index contributed by atoms with van der Waals surface area (Å²) in [5, 5.41) is 5.94. The molecule has 6 rings (SSSR count). The van der Waals surface area contributed by atoms with E-state index in [9.17, 15) is 0 Å². The number of aromatic nitrogens is 5. The summed E-state index contributed by atoms with van der Waals surface area (Å²) in [5.41, 5.74) is 6.09. The van der Waals surface area contributed by atoms with Gasteiger partial charge in [0.1, 0.15) is 11.2 Å². The van der Waals surface area contributed by atoms with Crippen LogP contribution in [-0.2, 0) is 0 Å². The molecule has 154 valence electrons. The number of piperidine rings is 1. The fourth-order valence-corrected chi connectivity index (χ4v) is 4.76. The van der Waals surface area contributed by atoms with Crippen LogP contribution in [0.4, 0.5) is 0 Å². The second-order valence-electron chi connectivity index (χ2n) is 8.24. The summed E-state index contributed by atoms with van der Waals surface area (Å²) in [7, 11) is 0. The highest BCUT2D eigenvalue weighted by atomic mass is 15.2. The maximum atomic E-state index is 5.16. The van der Waals surface area contributed by atoms with Gasteiger partial charge in [-0.05, 0) is 61.3 Å². The van der Waals surface area contributed by atoms with Crippen molar-refractivity contribution in [3.63, 3.8) is 0 Å². The number of rotatable bonds is 3. The van der Waals surface area contributed by atoms with Crippen LogP contribution in [0, 0.1) is 6.92 Å². The van der Waals surface area contributed by atoms with Crippen LogP contribution < -0.4 is 5.32 Å². The van der Waals surface area contributed by atoms with Crippen LogP contribution in [0.15, 0.2) is 61.1 Å². The third-order valence-electron chi connectivity index (χ3n) is 6.37. The summed E-state index contributed by atoms with van der Waals surface area (Å²) in [6.07, 6.45) is 5.78. The number of pyridine rings is 1. The van der Waals surface area contributed by atoms with E-state index in [2.05, 4.69) is 68.4 Å². The van der Waals surface area contributed by atoms with E-state index in [4.69, 9.17) is 9.97 Å². The lowest BCUT2D eigenvalue weighted by atomic mass is 10.0. The number of H-pyrrole nitrogens is 1. The van der Waals surface area contributed by atoms with Crippen molar-refractivity contribution in [2.45, 2.75) is 25.8 Å². The number of aryl methyl sites for hydroxylation is 1. The van der Waals surface area contributed by atoms with Crippen LogP contribution in [0.3, 0.4) is 0 Å². The van der Waals surface area contributed by atoms with Crippen molar-refractivity contribution >= 4 is 21.9 Å². The van der Waals surface area contributed by atoms with E-state index in [1.54, 1.807) is 6.33 Å². The van der Waals surface area contributed by atoms with Crippen molar-refractivity contribution in [3.05, 3.63) is 66.7 Å². The molecule has 0 atom stereocenters. The van der Waals surface area contributed by atoms with Crippen molar-refractivity contribution in [2.75, 3.05) is 13.1 Å². The Kier molecular flexibility index (Phi) is 4.32. The maximum Gasteiger partial charge on any atom is 0.161 e. The molecule has 5 aromatic rings.